The minimum atomic E-state index is -0.216. The van der Waals surface area contributed by atoms with Gasteiger partial charge in [-0.3, -0.25) is 4.90 Å². The summed E-state index contributed by atoms with van der Waals surface area (Å²) in [6.45, 7) is 6.16. The molecule has 4 heteroatoms. The first-order valence-corrected chi connectivity index (χ1v) is 7.73. The highest BCUT2D eigenvalue weighted by Gasteiger charge is 2.30. The average molecular weight is 329 g/mol. The number of piperidine rings is 1. The van der Waals surface area contributed by atoms with Crippen molar-refractivity contribution < 1.29 is 4.39 Å². The Balaban J connectivity index is 2.27. The SMILES string of the molecule is CC1CCC(C)N(C(CN)c2ccc(F)cc2Br)C1. The molecule has 0 aromatic heterocycles. The molecule has 1 aromatic carbocycles. The maximum Gasteiger partial charge on any atom is 0.124 e. The zero-order chi connectivity index (χ0) is 14.0. The summed E-state index contributed by atoms with van der Waals surface area (Å²) < 4.78 is 14.0. The minimum Gasteiger partial charge on any atom is -0.329 e. The molecular formula is C15H22BrFN2. The first-order chi connectivity index (χ1) is 9.02. The third-order valence-electron chi connectivity index (χ3n) is 4.11. The van der Waals surface area contributed by atoms with Gasteiger partial charge in [-0.1, -0.05) is 28.9 Å². The maximum atomic E-state index is 13.2. The highest BCUT2D eigenvalue weighted by atomic mass is 79.9. The molecule has 0 radical (unpaired) electrons. The van der Waals surface area contributed by atoms with Crippen molar-refractivity contribution in [3.05, 3.63) is 34.1 Å². The van der Waals surface area contributed by atoms with Crippen LogP contribution in [0.25, 0.3) is 0 Å². The number of hydrogen-bond acceptors (Lipinski definition) is 2. The fourth-order valence-electron chi connectivity index (χ4n) is 2.97. The topological polar surface area (TPSA) is 29.3 Å². The van der Waals surface area contributed by atoms with Gasteiger partial charge < -0.3 is 5.73 Å². The fraction of sp³-hybridized carbons (Fsp3) is 0.600. The van der Waals surface area contributed by atoms with Gasteiger partial charge >= 0.3 is 0 Å². The summed E-state index contributed by atoms with van der Waals surface area (Å²) in [4.78, 5) is 2.46. The van der Waals surface area contributed by atoms with Gasteiger partial charge in [-0.15, -0.1) is 0 Å². The van der Waals surface area contributed by atoms with E-state index in [1.54, 1.807) is 0 Å². The van der Waals surface area contributed by atoms with Crippen LogP contribution < -0.4 is 5.73 Å². The quantitative estimate of drug-likeness (QED) is 0.916. The van der Waals surface area contributed by atoms with E-state index < -0.39 is 0 Å². The third-order valence-corrected chi connectivity index (χ3v) is 4.80. The molecule has 0 spiro atoms. The van der Waals surface area contributed by atoms with Crippen molar-refractivity contribution >= 4 is 15.9 Å². The van der Waals surface area contributed by atoms with Gasteiger partial charge in [-0.2, -0.15) is 0 Å². The van der Waals surface area contributed by atoms with Crippen molar-refractivity contribution in [2.45, 2.75) is 38.8 Å². The van der Waals surface area contributed by atoms with Gasteiger partial charge in [0.15, 0.2) is 0 Å². The molecule has 1 aliphatic heterocycles. The zero-order valence-corrected chi connectivity index (χ0v) is 13.2. The summed E-state index contributed by atoms with van der Waals surface area (Å²) in [5.74, 6) is 0.482. The summed E-state index contributed by atoms with van der Waals surface area (Å²) in [6.07, 6.45) is 2.48. The van der Waals surface area contributed by atoms with Crippen molar-refractivity contribution in [3.63, 3.8) is 0 Å². The number of likely N-dealkylation sites (tertiary alicyclic amines) is 1. The monoisotopic (exact) mass is 328 g/mol. The van der Waals surface area contributed by atoms with Crippen LogP contribution in [0.2, 0.25) is 0 Å². The Morgan fingerprint density at radius 3 is 2.79 bits per heavy atom. The molecule has 0 bridgehead atoms. The third kappa shape index (κ3) is 3.36. The van der Waals surface area contributed by atoms with Crippen LogP contribution >= 0.6 is 15.9 Å². The highest BCUT2D eigenvalue weighted by molar-refractivity contribution is 9.10. The summed E-state index contributed by atoms with van der Waals surface area (Å²) in [7, 11) is 0. The van der Waals surface area contributed by atoms with E-state index in [9.17, 15) is 4.39 Å². The Bertz CT molecular complexity index is 438. The lowest BCUT2D eigenvalue weighted by molar-refractivity contribution is 0.0795. The summed E-state index contributed by atoms with van der Waals surface area (Å²) >= 11 is 3.47. The Labute approximate surface area is 123 Å². The van der Waals surface area contributed by atoms with Crippen LogP contribution in [0.4, 0.5) is 4.39 Å². The van der Waals surface area contributed by atoms with Crippen LogP contribution in [-0.2, 0) is 0 Å². The molecule has 1 fully saturated rings. The summed E-state index contributed by atoms with van der Waals surface area (Å²) in [5, 5.41) is 0. The van der Waals surface area contributed by atoms with Crippen molar-refractivity contribution in [1.82, 2.24) is 4.90 Å². The number of halogens is 2. The zero-order valence-electron chi connectivity index (χ0n) is 11.6. The summed E-state index contributed by atoms with van der Waals surface area (Å²) in [6, 6.07) is 5.58. The van der Waals surface area contributed by atoms with Crippen LogP contribution in [0, 0.1) is 11.7 Å². The van der Waals surface area contributed by atoms with Crippen LogP contribution in [-0.4, -0.2) is 24.0 Å². The number of nitrogens with zero attached hydrogens (tertiary/aromatic N) is 1. The van der Waals surface area contributed by atoms with E-state index in [0.717, 1.165) is 16.6 Å². The second-order valence-corrected chi connectivity index (χ2v) is 6.50. The smallest absolute Gasteiger partial charge is 0.124 e. The lowest BCUT2D eigenvalue weighted by Gasteiger charge is -2.42. The van der Waals surface area contributed by atoms with Gasteiger partial charge in [0, 0.05) is 29.6 Å². The van der Waals surface area contributed by atoms with Crippen LogP contribution in [0.3, 0.4) is 0 Å². The van der Waals surface area contributed by atoms with E-state index in [1.165, 1.54) is 25.0 Å². The van der Waals surface area contributed by atoms with Crippen LogP contribution in [0.15, 0.2) is 22.7 Å². The van der Waals surface area contributed by atoms with Gasteiger partial charge in [0.25, 0.3) is 0 Å². The van der Waals surface area contributed by atoms with Crippen LogP contribution in [0.1, 0.15) is 38.3 Å². The molecule has 1 aromatic rings. The molecule has 2 nitrogen and oxygen atoms in total. The molecule has 106 valence electrons. The second-order valence-electron chi connectivity index (χ2n) is 5.65. The van der Waals surface area contributed by atoms with Crippen molar-refractivity contribution in [2.75, 3.05) is 13.1 Å². The van der Waals surface area contributed by atoms with Gasteiger partial charge in [0.1, 0.15) is 5.82 Å². The van der Waals surface area contributed by atoms with E-state index in [4.69, 9.17) is 5.73 Å². The Morgan fingerprint density at radius 2 is 2.16 bits per heavy atom. The largest absolute Gasteiger partial charge is 0.329 e. The van der Waals surface area contributed by atoms with E-state index in [-0.39, 0.29) is 11.9 Å². The number of rotatable bonds is 3. The molecule has 3 atom stereocenters. The van der Waals surface area contributed by atoms with E-state index in [1.807, 2.05) is 6.07 Å². The Kier molecular flexibility index (Phi) is 4.98. The van der Waals surface area contributed by atoms with Gasteiger partial charge in [0.05, 0.1) is 0 Å². The Morgan fingerprint density at radius 1 is 1.42 bits per heavy atom. The Hall–Kier alpha value is -0.450. The molecule has 0 amide bonds. The molecule has 3 unspecified atom stereocenters. The number of hydrogen-bond donors (Lipinski definition) is 1. The van der Waals surface area contributed by atoms with Crippen LogP contribution in [0.5, 0.6) is 0 Å². The van der Waals surface area contributed by atoms with E-state index in [0.29, 0.717) is 18.5 Å². The first-order valence-electron chi connectivity index (χ1n) is 6.93. The summed E-state index contributed by atoms with van der Waals surface area (Å²) in [5.41, 5.74) is 7.08. The maximum absolute atomic E-state index is 13.2. The lowest BCUT2D eigenvalue weighted by Crippen LogP contribution is -2.45. The molecule has 1 aliphatic rings. The molecule has 1 heterocycles. The van der Waals surface area contributed by atoms with Crippen molar-refractivity contribution in [3.8, 4) is 0 Å². The van der Waals surface area contributed by atoms with Gasteiger partial charge in [0.2, 0.25) is 0 Å². The highest BCUT2D eigenvalue weighted by Crippen LogP contribution is 2.33. The van der Waals surface area contributed by atoms with E-state index in [2.05, 4.69) is 34.7 Å². The van der Waals surface area contributed by atoms with Gasteiger partial charge in [-0.05, 0) is 43.4 Å². The first kappa shape index (κ1) is 14.9. The molecular weight excluding hydrogens is 307 g/mol. The van der Waals surface area contributed by atoms with E-state index >= 15 is 0 Å². The predicted molar refractivity (Wildman–Crippen MR) is 80.5 cm³/mol. The molecule has 2 N–H and O–H groups in total. The standard InChI is InChI=1S/C15H22BrFN2/c1-10-3-4-11(2)19(9-10)15(8-18)13-6-5-12(17)7-14(13)16/h5-7,10-11,15H,3-4,8-9,18H2,1-2H3. The van der Waals surface area contributed by atoms with Crippen molar-refractivity contribution in [2.24, 2.45) is 11.7 Å². The normalized spacial score (nSPS) is 26.4. The predicted octanol–water partition coefficient (Wildman–Crippen LogP) is 3.71. The molecule has 2 rings (SSSR count). The van der Waals surface area contributed by atoms with Gasteiger partial charge in [-0.25, -0.2) is 4.39 Å². The fourth-order valence-corrected chi connectivity index (χ4v) is 3.58. The average Bonchev–Trinajstić information content (AvgIpc) is 2.36. The second kappa shape index (κ2) is 6.33. The molecule has 0 saturated carbocycles. The molecule has 0 aliphatic carbocycles. The molecule has 19 heavy (non-hydrogen) atoms. The number of benzene rings is 1. The minimum absolute atomic E-state index is 0.160. The number of nitrogens with two attached hydrogens (primary N) is 1. The lowest BCUT2D eigenvalue weighted by atomic mass is 9.91. The van der Waals surface area contributed by atoms with Crippen molar-refractivity contribution in [1.29, 1.82) is 0 Å². The molecule has 1 saturated heterocycles.